The number of nitro benzene ring substituents is 2. The molecule has 0 saturated heterocycles. The Morgan fingerprint density at radius 1 is 0.744 bits per heavy atom. The van der Waals surface area contributed by atoms with Crippen molar-refractivity contribution in [2.24, 2.45) is 0 Å². The summed E-state index contributed by atoms with van der Waals surface area (Å²) in [7, 11) is 0. The van der Waals surface area contributed by atoms with Crippen molar-refractivity contribution in [1.29, 1.82) is 5.26 Å². The van der Waals surface area contributed by atoms with E-state index in [4.69, 9.17) is 5.26 Å². The molecule has 0 amide bonds. The van der Waals surface area contributed by atoms with E-state index in [0.717, 1.165) is 30.5 Å². The van der Waals surface area contributed by atoms with E-state index in [2.05, 4.69) is 9.97 Å². The fourth-order valence-corrected chi connectivity index (χ4v) is 5.85. The lowest BCUT2D eigenvalue weighted by Crippen LogP contribution is -1.95. The van der Waals surface area contributed by atoms with Gasteiger partial charge in [-0.05, 0) is 12.1 Å². The second-order valence-corrected chi connectivity index (χ2v) is 10.2. The molecule has 6 aromatic rings. The lowest BCUT2D eigenvalue weighted by Gasteiger charge is -1.98. The molecule has 0 aliphatic rings. The summed E-state index contributed by atoms with van der Waals surface area (Å²) in [6.07, 6.45) is -0.0222. The molecule has 0 unspecified atom stereocenters. The lowest BCUT2D eigenvalue weighted by molar-refractivity contribution is -0.385. The molecule has 0 fully saturated rings. The fraction of sp³-hybridized carbons (Fsp3) is 0.0357. The zero-order chi connectivity index (χ0) is 27.4. The Balaban J connectivity index is 0.000000160. The average molecular weight is 552 g/mol. The van der Waals surface area contributed by atoms with E-state index in [-0.39, 0.29) is 17.8 Å². The van der Waals surface area contributed by atoms with Crippen molar-refractivity contribution >= 4 is 54.5 Å². The Bertz CT molecular complexity index is 1860. The molecule has 39 heavy (non-hydrogen) atoms. The number of nitro groups is 2. The highest BCUT2D eigenvalue weighted by Crippen LogP contribution is 2.35. The van der Waals surface area contributed by atoms with Crippen molar-refractivity contribution < 1.29 is 9.85 Å². The second kappa shape index (κ2) is 11.1. The summed E-state index contributed by atoms with van der Waals surface area (Å²) < 4.78 is 1.81. The first-order valence-corrected chi connectivity index (χ1v) is 13.2. The first kappa shape index (κ1) is 25.6. The van der Waals surface area contributed by atoms with Gasteiger partial charge in [-0.2, -0.15) is 5.26 Å². The first-order chi connectivity index (χ1) is 18.9. The average Bonchev–Trinajstić information content (AvgIpc) is 3.59. The lowest BCUT2D eigenvalue weighted by atomic mass is 10.1. The third-order valence-corrected chi connectivity index (χ3v) is 7.87. The van der Waals surface area contributed by atoms with Gasteiger partial charge in [0.05, 0.1) is 48.3 Å². The molecular weight excluding hydrogens is 534 g/mol. The van der Waals surface area contributed by atoms with Crippen LogP contribution in [0.3, 0.4) is 0 Å². The van der Waals surface area contributed by atoms with E-state index >= 15 is 0 Å². The number of fused-ring (bicyclic) bond motifs is 2. The van der Waals surface area contributed by atoms with E-state index in [1.54, 1.807) is 12.1 Å². The quantitative estimate of drug-likeness (QED) is 0.157. The van der Waals surface area contributed by atoms with Crippen LogP contribution in [0.15, 0.2) is 91.0 Å². The van der Waals surface area contributed by atoms with Crippen molar-refractivity contribution in [2.75, 3.05) is 0 Å². The van der Waals surface area contributed by atoms with E-state index in [9.17, 15) is 20.2 Å². The zero-order valence-electron chi connectivity index (χ0n) is 20.1. The van der Waals surface area contributed by atoms with Crippen LogP contribution in [0.1, 0.15) is 5.56 Å². The van der Waals surface area contributed by atoms with Crippen LogP contribution in [0.25, 0.3) is 41.6 Å². The van der Waals surface area contributed by atoms with Gasteiger partial charge in [0, 0.05) is 29.3 Å². The maximum atomic E-state index is 11.1. The zero-order valence-corrected chi connectivity index (χ0v) is 21.7. The molecule has 0 radical (unpaired) electrons. The van der Waals surface area contributed by atoms with Crippen LogP contribution < -0.4 is 0 Å². The molecule has 190 valence electrons. The first-order valence-electron chi connectivity index (χ1n) is 11.5. The maximum absolute atomic E-state index is 11.1. The van der Waals surface area contributed by atoms with Crippen molar-refractivity contribution in [3.8, 4) is 27.2 Å². The number of thiazole rings is 2. The Morgan fingerprint density at radius 3 is 1.92 bits per heavy atom. The SMILES string of the molecule is N#CCc1c([N+](=O)[O-])ccc2sc(-c3ccccc3)nc12.O=[N+]([O-])c1ccc2sc(-c3ccccc3)nc2c1. The van der Waals surface area contributed by atoms with Crippen LogP contribution in [0, 0.1) is 31.6 Å². The van der Waals surface area contributed by atoms with Gasteiger partial charge in [0.25, 0.3) is 11.4 Å². The highest BCUT2D eigenvalue weighted by molar-refractivity contribution is 7.22. The number of aromatic nitrogens is 2. The Kier molecular flexibility index (Phi) is 7.31. The summed E-state index contributed by atoms with van der Waals surface area (Å²) >= 11 is 3.00. The van der Waals surface area contributed by atoms with Crippen LogP contribution in [0.5, 0.6) is 0 Å². The highest BCUT2D eigenvalue weighted by atomic mass is 32.1. The summed E-state index contributed by atoms with van der Waals surface area (Å²) in [6.45, 7) is 0. The second-order valence-electron chi connectivity index (χ2n) is 8.18. The Morgan fingerprint density at radius 2 is 1.33 bits per heavy atom. The monoisotopic (exact) mass is 551 g/mol. The molecule has 11 heteroatoms. The molecule has 0 atom stereocenters. The largest absolute Gasteiger partial charge is 0.275 e. The van der Waals surface area contributed by atoms with Gasteiger partial charge in [-0.25, -0.2) is 9.97 Å². The summed E-state index contributed by atoms with van der Waals surface area (Å²) in [6, 6.07) is 29.3. The molecule has 9 nitrogen and oxygen atoms in total. The van der Waals surface area contributed by atoms with Crippen LogP contribution in [-0.4, -0.2) is 19.8 Å². The fourth-order valence-electron chi connectivity index (χ4n) is 3.90. The van der Waals surface area contributed by atoms with Crippen LogP contribution >= 0.6 is 22.7 Å². The van der Waals surface area contributed by atoms with E-state index in [1.807, 2.05) is 66.7 Å². The van der Waals surface area contributed by atoms with Gasteiger partial charge in [-0.15, -0.1) is 22.7 Å². The molecule has 6 rings (SSSR count). The number of hydrogen-bond acceptors (Lipinski definition) is 9. The van der Waals surface area contributed by atoms with Gasteiger partial charge in [0.2, 0.25) is 0 Å². The third-order valence-electron chi connectivity index (χ3n) is 5.72. The number of hydrogen-bond donors (Lipinski definition) is 0. The topological polar surface area (TPSA) is 136 Å². The molecule has 0 bridgehead atoms. The van der Waals surface area contributed by atoms with E-state index in [0.29, 0.717) is 16.6 Å². The van der Waals surface area contributed by atoms with Gasteiger partial charge in [0.1, 0.15) is 10.0 Å². The van der Waals surface area contributed by atoms with Crippen LogP contribution in [0.2, 0.25) is 0 Å². The van der Waals surface area contributed by atoms with Gasteiger partial charge < -0.3 is 0 Å². The summed E-state index contributed by atoms with van der Waals surface area (Å²) in [5.74, 6) is 0. The minimum atomic E-state index is -0.465. The predicted molar refractivity (Wildman–Crippen MR) is 153 cm³/mol. The minimum absolute atomic E-state index is 0.0222. The molecule has 0 spiro atoms. The van der Waals surface area contributed by atoms with Crippen molar-refractivity contribution in [3.63, 3.8) is 0 Å². The number of rotatable bonds is 5. The molecule has 0 aliphatic carbocycles. The Hall–Kier alpha value is -5.05. The van der Waals surface area contributed by atoms with Gasteiger partial charge >= 0.3 is 0 Å². The van der Waals surface area contributed by atoms with E-state index in [1.165, 1.54) is 40.9 Å². The van der Waals surface area contributed by atoms with Crippen LogP contribution in [0.4, 0.5) is 11.4 Å². The summed E-state index contributed by atoms with van der Waals surface area (Å²) in [5.41, 5.74) is 3.63. The normalized spacial score (nSPS) is 10.5. The number of nitrogens with zero attached hydrogens (tertiary/aromatic N) is 5. The van der Waals surface area contributed by atoms with Crippen LogP contribution in [-0.2, 0) is 6.42 Å². The Labute approximate surface area is 229 Å². The van der Waals surface area contributed by atoms with E-state index < -0.39 is 9.85 Å². The molecule has 0 aliphatic heterocycles. The molecular formula is C28H17N5O4S2. The maximum Gasteiger partial charge on any atom is 0.275 e. The molecule has 0 N–H and O–H groups in total. The molecule has 2 aromatic heterocycles. The minimum Gasteiger partial charge on any atom is -0.258 e. The predicted octanol–water partition coefficient (Wildman–Crippen LogP) is 7.81. The standard InChI is InChI=1S/C15H9N3O2S.C13H8N2O2S/c16-9-8-11-12(18(19)20)6-7-13-14(11)17-15(21-13)10-4-2-1-3-5-10;16-15(17)10-6-7-12-11(8-10)14-13(18-12)9-4-2-1-3-5-9/h1-7H,8H2;1-8H. The molecule has 2 heterocycles. The van der Waals surface area contributed by atoms with Crippen molar-refractivity contribution in [1.82, 2.24) is 9.97 Å². The van der Waals surface area contributed by atoms with Gasteiger partial charge in [0.15, 0.2) is 0 Å². The smallest absolute Gasteiger partial charge is 0.258 e. The van der Waals surface area contributed by atoms with Gasteiger partial charge in [-0.1, -0.05) is 60.7 Å². The number of nitriles is 1. The highest BCUT2D eigenvalue weighted by Gasteiger charge is 2.20. The molecule has 4 aromatic carbocycles. The third kappa shape index (κ3) is 5.47. The summed E-state index contributed by atoms with van der Waals surface area (Å²) in [5, 5.41) is 32.4. The number of benzene rings is 4. The molecule has 0 saturated carbocycles. The number of non-ortho nitro benzene ring substituents is 1. The van der Waals surface area contributed by atoms with Crippen molar-refractivity contribution in [2.45, 2.75) is 6.42 Å². The van der Waals surface area contributed by atoms with Gasteiger partial charge in [-0.3, -0.25) is 20.2 Å². The summed E-state index contributed by atoms with van der Waals surface area (Å²) in [4.78, 5) is 29.9. The van der Waals surface area contributed by atoms with Crippen molar-refractivity contribution in [3.05, 3.63) is 117 Å².